The maximum Gasteiger partial charge on any atom is 0.416 e. The maximum absolute atomic E-state index is 12.7. The fraction of sp³-hybridized carbons (Fsp3) is 0.353. The summed E-state index contributed by atoms with van der Waals surface area (Å²) in [6, 6.07) is 4.52. The summed E-state index contributed by atoms with van der Waals surface area (Å²) in [5.74, 6) is 1.10. The molecule has 1 aromatic carbocycles. The number of aliphatic hydroxyl groups excluding tert-OH is 1. The second kappa shape index (κ2) is 7.39. The van der Waals surface area contributed by atoms with Gasteiger partial charge in [0.1, 0.15) is 30.6 Å². The summed E-state index contributed by atoms with van der Waals surface area (Å²) >= 11 is 0. The second-order valence-corrected chi connectivity index (χ2v) is 6.01. The molecule has 3 aromatic rings. The van der Waals surface area contributed by atoms with E-state index in [0.29, 0.717) is 11.6 Å². The third-order valence-corrected chi connectivity index (χ3v) is 4.02. The van der Waals surface area contributed by atoms with E-state index in [9.17, 15) is 18.3 Å². The Hall–Kier alpha value is -2.88. The van der Waals surface area contributed by atoms with Crippen molar-refractivity contribution in [3.63, 3.8) is 0 Å². The fourth-order valence-electron chi connectivity index (χ4n) is 2.47. The molecule has 0 amide bonds. The zero-order chi connectivity index (χ0) is 19.6. The molecule has 0 fully saturated rings. The number of nitrogens with zero attached hydrogens (tertiary/aromatic N) is 4. The molecule has 7 nitrogen and oxygen atoms in total. The predicted octanol–water partition coefficient (Wildman–Crippen LogP) is 2.61. The molecule has 0 saturated carbocycles. The van der Waals surface area contributed by atoms with Crippen LogP contribution in [0.5, 0.6) is 5.75 Å². The van der Waals surface area contributed by atoms with E-state index < -0.39 is 17.8 Å². The first-order chi connectivity index (χ1) is 12.8. The van der Waals surface area contributed by atoms with E-state index in [-0.39, 0.29) is 18.9 Å². The molecule has 0 aliphatic rings. The molecule has 3 rings (SSSR count). The van der Waals surface area contributed by atoms with Gasteiger partial charge in [0.2, 0.25) is 0 Å². The Balaban J connectivity index is 1.62. The van der Waals surface area contributed by atoms with Gasteiger partial charge in [-0.1, -0.05) is 6.07 Å². The number of ether oxygens (including phenoxy) is 1. The Kier molecular flexibility index (Phi) is 5.17. The summed E-state index contributed by atoms with van der Waals surface area (Å²) < 4.78 is 44.9. The number of aryl methyl sites for hydroxylation is 1. The number of alkyl halides is 3. The van der Waals surface area contributed by atoms with Crippen LogP contribution in [0.4, 0.5) is 19.0 Å². The summed E-state index contributed by atoms with van der Waals surface area (Å²) in [5.41, 5.74) is 0.816. The zero-order valence-electron chi connectivity index (χ0n) is 14.7. The molecule has 27 heavy (non-hydrogen) atoms. The number of hydrogen-bond acceptors (Lipinski definition) is 6. The van der Waals surface area contributed by atoms with Gasteiger partial charge in [0, 0.05) is 17.8 Å². The monoisotopic (exact) mass is 381 g/mol. The van der Waals surface area contributed by atoms with Crippen LogP contribution in [0, 0.1) is 13.8 Å². The first-order valence-corrected chi connectivity index (χ1v) is 8.14. The highest BCUT2D eigenvalue weighted by molar-refractivity contribution is 5.51. The SMILES string of the molecule is Cc1nc2ncnn2c(NCC(O)COc2cccc(C(F)(F)F)c2)c1C. The van der Waals surface area contributed by atoms with Crippen molar-refractivity contribution in [3.05, 3.63) is 47.4 Å². The summed E-state index contributed by atoms with van der Waals surface area (Å²) in [7, 11) is 0. The molecule has 144 valence electrons. The molecule has 0 radical (unpaired) electrons. The van der Waals surface area contributed by atoms with Crippen LogP contribution in [-0.2, 0) is 6.18 Å². The van der Waals surface area contributed by atoms with E-state index in [1.807, 2.05) is 13.8 Å². The Morgan fingerprint density at radius 1 is 1.30 bits per heavy atom. The summed E-state index contributed by atoms with van der Waals surface area (Å²) in [6.45, 7) is 3.63. The number of anilines is 1. The van der Waals surface area contributed by atoms with E-state index in [2.05, 4.69) is 20.4 Å². The van der Waals surface area contributed by atoms with Gasteiger partial charge < -0.3 is 15.2 Å². The van der Waals surface area contributed by atoms with E-state index >= 15 is 0 Å². The minimum absolute atomic E-state index is 0.0403. The highest BCUT2D eigenvalue weighted by Crippen LogP contribution is 2.31. The average molecular weight is 381 g/mol. The smallest absolute Gasteiger partial charge is 0.416 e. The topological polar surface area (TPSA) is 84.6 Å². The zero-order valence-corrected chi connectivity index (χ0v) is 14.7. The normalized spacial score (nSPS) is 13.0. The second-order valence-electron chi connectivity index (χ2n) is 6.01. The molecule has 2 aromatic heterocycles. The predicted molar refractivity (Wildman–Crippen MR) is 91.7 cm³/mol. The molecular formula is C17H18F3N5O2. The first-order valence-electron chi connectivity index (χ1n) is 8.14. The van der Waals surface area contributed by atoms with Crippen molar-refractivity contribution in [3.8, 4) is 5.75 Å². The molecule has 1 unspecified atom stereocenters. The number of halogens is 3. The van der Waals surface area contributed by atoms with Crippen molar-refractivity contribution >= 4 is 11.6 Å². The van der Waals surface area contributed by atoms with Crippen LogP contribution in [0.1, 0.15) is 16.8 Å². The number of rotatable bonds is 6. The van der Waals surface area contributed by atoms with Gasteiger partial charge in [0.05, 0.1) is 5.56 Å². The van der Waals surface area contributed by atoms with E-state index in [1.54, 1.807) is 0 Å². The summed E-state index contributed by atoms with van der Waals surface area (Å²) in [4.78, 5) is 8.33. The molecule has 10 heteroatoms. The lowest BCUT2D eigenvalue weighted by atomic mass is 10.2. The third-order valence-electron chi connectivity index (χ3n) is 4.02. The molecule has 0 spiro atoms. The van der Waals surface area contributed by atoms with Crippen molar-refractivity contribution in [2.24, 2.45) is 0 Å². The Bertz CT molecular complexity index is 942. The lowest BCUT2D eigenvalue weighted by Gasteiger charge is -2.17. The van der Waals surface area contributed by atoms with Gasteiger partial charge in [-0.3, -0.25) is 0 Å². The Labute approximate surface area is 152 Å². The molecule has 0 bridgehead atoms. The standard InChI is InChI=1S/C17H18F3N5O2/c1-10-11(2)24-16-22-9-23-25(16)15(10)21-7-13(26)8-27-14-5-3-4-12(6-14)17(18,19)20/h3-6,9,13,21,26H,7-8H2,1-2H3. The summed E-state index contributed by atoms with van der Waals surface area (Å²) in [6.07, 6.45) is -4.02. The molecule has 1 atom stereocenters. The van der Waals surface area contributed by atoms with Crippen molar-refractivity contribution in [1.82, 2.24) is 19.6 Å². The van der Waals surface area contributed by atoms with E-state index in [1.165, 1.54) is 23.0 Å². The van der Waals surface area contributed by atoms with E-state index in [0.717, 1.165) is 23.4 Å². The van der Waals surface area contributed by atoms with Crippen LogP contribution in [0.25, 0.3) is 5.78 Å². The summed E-state index contributed by atoms with van der Waals surface area (Å²) in [5, 5.41) is 17.3. The van der Waals surface area contributed by atoms with Crippen molar-refractivity contribution in [2.45, 2.75) is 26.1 Å². The first kappa shape index (κ1) is 18.9. The fourth-order valence-corrected chi connectivity index (χ4v) is 2.47. The van der Waals surface area contributed by atoms with Gasteiger partial charge in [-0.2, -0.15) is 27.8 Å². The van der Waals surface area contributed by atoms with Crippen LogP contribution in [0.3, 0.4) is 0 Å². The number of benzene rings is 1. The number of hydrogen-bond donors (Lipinski definition) is 2. The number of aromatic nitrogens is 4. The van der Waals surface area contributed by atoms with Gasteiger partial charge >= 0.3 is 6.18 Å². The molecule has 2 heterocycles. The quantitative estimate of drug-likeness (QED) is 0.683. The van der Waals surface area contributed by atoms with Crippen LogP contribution in [-0.4, -0.2) is 43.9 Å². The Morgan fingerprint density at radius 3 is 2.81 bits per heavy atom. The van der Waals surface area contributed by atoms with Gasteiger partial charge in [-0.15, -0.1) is 0 Å². The van der Waals surface area contributed by atoms with E-state index in [4.69, 9.17) is 4.74 Å². The van der Waals surface area contributed by atoms with Crippen LogP contribution >= 0.6 is 0 Å². The molecular weight excluding hydrogens is 363 g/mol. The lowest BCUT2D eigenvalue weighted by molar-refractivity contribution is -0.137. The van der Waals surface area contributed by atoms with Crippen molar-refractivity contribution in [2.75, 3.05) is 18.5 Å². The molecule has 2 N–H and O–H groups in total. The lowest BCUT2D eigenvalue weighted by Crippen LogP contribution is -2.27. The molecule has 0 aliphatic carbocycles. The Morgan fingerprint density at radius 2 is 2.07 bits per heavy atom. The minimum atomic E-state index is -4.44. The highest BCUT2D eigenvalue weighted by atomic mass is 19.4. The van der Waals surface area contributed by atoms with Gasteiger partial charge in [0.15, 0.2) is 0 Å². The van der Waals surface area contributed by atoms with Gasteiger partial charge in [-0.25, -0.2) is 4.98 Å². The van der Waals surface area contributed by atoms with Gasteiger partial charge in [0.25, 0.3) is 5.78 Å². The van der Waals surface area contributed by atoms with Crippen LogP contribution in [0.15, 0.2) is 30.6 Å². The number of aliphatic hydroxyl groups is 1. The van der Waals surface area contributed by atoms with Crippen molar-refractivity contribution in [1.29, 1.82) is 0 Å². The number of nitrogens with one attached hydrogen (secondary N) is 1. The maximum atomic E-state index is 12.7. The van der Waals surface area contributed by atoms with Crippen molar-refractivity contribution < 1.29 is 23.0 Å². The van der Waals surface area contributed by atoms with Crippen LogP contribution < -0.4 is 10.1 Å². The van der Waals surface area contributed by atoms with Gasteiger partial charge in [-0.05, 0) is 32.0 Å². The average Bonchev–Trinajstić information content (AvgIpc) is 3.07. The van der Waals surface area contributed by atoms with Crippen LogP contribution in [0.2, 0.25) is 0 Å². The highest BCUT2D eigenvalue weighted by Gasteiger charge is 2.30. The third kappa shape index (κ3) is 4.27. The molecule has 0 saturated heterocycles. The minimum Gasteiger partial charge on any atom is -0.491 e. The molecule has 0 aliphatic heterocycles. The number of fused-ring (bicyclic) bond motifs is 1. The largest absolute Gasteiger partial charge is 0.491 e.